The molecular weight excluding hydrogens is 292 g/mol. The molecule has 122 valence electrons. The lowest BCUT2D eigenvalue weighted by Gasteiger charge is -2.36. The summed E-state index contributed by atoms with van der Waals surface area (Å²) in [7, 11) is 0. The maximum atomic E-state index is 10.6. The number of aromatic nitrogens is 3. The number of hydrogen-bond acceptors (Lipinski definition) is 4. The Hall–Kier alpha value is -2.21. The molecule has 1 aliphatic rings. The van der Waals surface area contributed by atoms with Gasteiger partial charge < -0.3 is 10.4 Å². The van der Waals surface area contributed by atoms with E-state index < -0.39 is 5.97 Å². The van der Waals surface area contributed by atoms with Crippen molar-refractivity contribution in [1.29, 1.82) is 0 Å². The van der Waals surface area contributed by atoms with E-state index in [0.29, 0.717) is 18.4 Å². The van der Waals surface area contributed by atoms with Gasteiger partial charge in [0.05, 0.1) is 5.69 Å². The van der Waals surface area contributed by atoms with Gasteiger partial charge in [0.15, 0.2) is 0 Å². The molecule has 23 heavy (non-hydrogen) atoms. The smallest absolute Gasteiger partial charge is 0.303 e. The number of aryl methyl sites for hydroxylation is 1. The summed E-state index contributed by atoms with van der Waals surface area (Å²) in [6, 6.07) is 6.86. The highest BCUT2D eigenvalue weighted by molar-refractivity contribution is 5.66. The fourth-order valence-corrected chi connectivity index (χ4v) is 3.15. The van der Waals surface area contributed by atoms with Crippen LogP contribution in [0.15, 0.2) is 30.9 Å². The number of carboxylic acid groups (broad SMARTS) is 1. The molecule has 1 fully saturated rings. The van der Waals surface area contributed by atoms with Crippen LogP contribution in [0.2, 0.25) is 0 Å². The second kappa shape index (κ2) is 6.91. The number of nitrogens with one attached hydrogen (secondary N) is 1. The third kappa shape index (κ3) is 3.96. The molecular formula is C17H22N4O2. The lowest BCUT2D eigenvalue weighted by Crippen LogP contribution is -2.40. The minimum atomic E-state index is -0.690. The summed E-state index contributed by atoms with van der Waals surface area (Å²) in [5.41, 5.74) is 3.46. The molecule has 0 saturated heterocycles. The van der Waals surface area contributed by atoms with Crippen molar-refractivity contribution in [2.45, 2.75) is 45.2 Å². The van der Waals surface area contributed by atoms with Gasteiger partial charge in [0, 0.05) is 19.0 Å². The van der Waals surface area contributed by atoms with Crippen molar-refractivity contribution in [1.82, 2.24) is 20.1 Å². The van der Waals surface area contributed by atoms with E-state index in [1.807, 2.05) is 0 Å². The molecule has 0 radical (unpaired) electrons. The van der Waals surface area contributed by atoms with Crippen LogP contribution in [0, 0.1) is 12.8 Å². The van der Waals surface area contributed by atoms with E-state index in [2.05, 4.69) is 40.5 Å². The summed E-state index contributed by atoms with van der Waals surface area (Å²) >= 11 is 0. The summed E-state index contributed by atoms with van der Waals surface area (Å²) < 4.78 is 1.77. The largest absolute Gasteiger partial charge is 0.481 e. The van der Waals surface area contributed by atoms with Gasteiger partial charge in [0.2, 0.25) is 0 Å². The van der Waals surface area contributed by atoms with Gasteiger partial charge in [0.25, 0.3) is 0 Å². The Labute approximate surface area is 135 Å². The Balaban J connectivity index is 1.47. The SMILES string of the molecule is Cc1cc(CNC2CC(CCC(=O)O)C2)ccc1-n1cncn1. The predicted octanol–water partition coefficient (Wildman–Crippen LogP) is 2.31. The summed E-state index contributed by atoms with van der Waals surface area (Å²) in [6.07, 6.45) is 6.50. The van der Waals surface area contributed by atoms with E-state index in [0.717, 1.165) is 31.5 Å². The molecule has 0 spiro atoms. The maximum absolute atomic E-state index is 10.6. The van der Waals surface area contributed by atoms with Gasteiger partial charge >= 0.3 is 5.97 Å². The van der Waals surface area contributed by atoms with Crippen LogP contribution in [0.3, 0.4) is 0 Å². The van der Waals surface area contributed by atoms with Crippen molar-refractivity contribution in [3.05, 3.63) is 42.0 Å². The van der Waals surface area contributed by atoms with Crippen LogP contribution in [-0.4, -0.2) is 31.9 Å². The fourth-order valence-electron chi connectivity index (χ4n) is 3.15. The quantitative estimate of drug-likeness (QED) is 0.820. The number of carboxylic acids is 1. The summed E-state index contributed by atoms with van der Waals surface area (Å²) in [6.45, 7) is 2.92. The highest BCUT2D eigenvalue weighted by Crippen LogP contribution is 2.31. The number of rotatable bonds is 7. The standard InChI is InChI=1S/C17H22N4O2/c1-12-6-14(2-4-16(12)21-11-18-10-20-21)9-19-15-7-13(8-15)3-5-17(22)23/h2,4,6,10-11,13,15,19H,3,5,7-9H2,1H3,(H,22,23). The van der Waals surface area contributed by atoms with E-state index in [9.17, 15) is 4.79 Å². The van der Waals surface area contributed by atoms with Crippen LogP contribution >= 0.6 is 0 Å². The van der Waals surface area contributed by atoms with Crippen molar-refractivity contribution < 1.29 is 9.90 Å². The van der Waals surface area contributed by atoms with Gasteiger partial charge in [-0.1, -0.05) is 12.1 Å². The highest BCUT2D eigenvalue weighted by Gasteiger charge is 2.28. The molecule has 0 unspecified atom stereocenters. The molecule has 6 heteroatoms. The minimum absolute atomic E-state index is 0.292. The Morgan fingerprint density at radius 1 is 1.43 bits per heavy atom. The zero-order valence-corrected chi connectivity index (χ0v) is 13.3. The Bertz CT molecular complexity index is 663. The van der Waals surface area contributed by atoms with E-state index in [4.69, 9.17) is 5.11 Å². The number of hydrogen-bond donors (Lipinski definition) is 2. The number of aliphatic carboxylic acids is 1. The lowest BCUT2D eigenvalue weighted by molar-refractivity contribution is -0.137. The number of carbonyl (C=O) groups is 1. The van der Waals surface area contributed by atoms with Crippen molar-refractivity contribution in [3.8, 4) is 5.69 Å². The van der Waals surface area contributed by atoms with E-state index in [1.54, 1.807) is 11.0 Å². The molecule has 6 nitrogen and oxygen atoms in total. The molecule has 1 aromatic heterocycles. The number of nitrogens with zero attached hydrogens (tertiary/aromatic N) is 3. The van der Waals surface area contributed by atoms with E-state index >= 15 is 0 Å². The monoisotopic (exact) mass is 314 g/mol. The Kier molecular flexibility index (Phi) is 4.71. The maximum Gasteiger partial charge on any atom is 0.303 e. The summed E-state index contributed by atoms with van der Waals surface area (Å²) in [4.78, 5) is 14.5. The van der Waals surface area contributed by atoms with Gasteiger partial charge in [0.1, 0.15) is 12.7 Å². The van der Waals surface area contributed by atoms with Crippen LogP contribution in [0.5, 0.6) is 0 Å². The molecule has 0 amide bonds. The molecule has 0 bridgehead atoms. The molecule has 1 heterocycles. The van der Waals surface area contributed by atoms with Crippen LogP contribution in [0.25, 0.3) is 5.69 Å². The zero-order chi connectivity index (χ0) is 16.2. The average molecular weight is 314 g/mol. The fraction of sp³-hybridized carbons (Fsp3) is 0.471. The molecule has 1 aromatic carbocycles. The average Bonchev–Trinajstić information content (AvgIpc) is 2.99. The second-order valence-electron chi connectivity index (χ2n) is 6.31. The van der Waals surface area contributed by atoms with Crippen LogP contribution < -0.4 is 5.32 Å². The number of benzene rings is 1. The zero-order valence-electron chi connectivity index (χ0n) is 13.3. The molecule has 1 saturated carbocycles. The third-order valence-corrected chi connectivity index (χ3v) is 4.52. The first-order valence-corrected chi connectivity index (χ1v) is 8.01. The van der Waals surface area contributed by atoms with Gasteiger partial charge in [-0.3, -0.25) is 4.79 Å². The molecule has 3 rings (SSSR count). The van der Waals surface area contributed by atoms with Gasteiger partial charge in [-0.25, -0.2) is 9.67 Å². The van der Waals surface area contributed by atoms with Gasteiger partial charge in [-0.05, 0) is 49.3 Å². The predicted molar refractivity (Wildman–Crippen MR) is 86.3 cm³/mol. The summed E-state index contributed by atoms with van der Waals surface area (Å²) in [5.74, 6) is -0.121. The first-order valence-electron chi connectivity index (χ1n) is 8.01. The highest BCUT2D eigenvalue weighted by atomic mass is 16.4. The Morgan fingerprint density at radius 3 is 2.91 bits per heavy atom. The van der Waals surface area contributed by atoms with E-state index in [1.165, 1.54) is 17.5 Å². The summed E-state index contributed by atoms with van der Waals surface area (Å²) in [5, 5.41) is 16.4. The van der Waals surface area contributed by atoms with E-state index in [-0.39, 0.29) is 0 Å². The normalized spacial score (nSPS) is 20.2. The second-order valence-corrected chi connectivity index (χ2v) is 6.31. The van der Waals surface area contributed by atoms with Gasteiger partial charge in [-0.2, -0.15) is 5.10 Å². The molecule has 2 aromatic rings. The first-order chi connectivity index (χ1) is 11.1. The molecule has 0 atom stereocenters. The lowest BCUT2D eigenvalue weighted by atomic mass is 9.77. The van der Waals surface area contributed by atoms with Crippen LogP contribution in [0.4, 0.5) is 0 Å². The molecule has 0 aliphatic heterocycles. The minimum Gasteiger partial charge on any atom is -0.481 e. The van der Waals surface area contributed by atoms with Crippen LogP contribution in [0.1, 0.15) is 36.8 Å². The van der Waals surface area contributed by atoms with Crippen molar-refractivity contribution in [2.24, 2.45) is 5.92 Å². The molecule has 2 N–H and O–H groups in total. The van der Waals surface area contributed by atoms with Crippen molar-refractivity contribution in [2.75, 3.05) is 0 Å². The van der Waals surface area contributed by atoms with Crippen molar-refractivity contribution >= 4 is 5.97 Å². The van der Waals surface area contributed by atoms with Crippen molar-refractivity contribution in [3.63, 3.8) is 0 Å². The Morgan fingerprint density at radius 2 is 2.26 bits per heavy atom. The molecule has 1 aliphatic carbocycles. The van der Waals surface area contributed by atoms with Crippen LogP contribution in [-0.2, 0) is 11.3 Å². The third-order valence-electron chi connectivity index (χ3n) is 4.52. The topological polar surface area (TPSA) is 80.0 Å². The first kappa shape index (κ1) is 15.7. The van der Waals surface area contributed by atoms with Gasteiger partial charge in [-0.15, -0.1) is 0 Å².